The van der Waals surface area contributed by atoms with Gasteiger partial charge in [0.25, 0.3) is 0 Å². The lowest BCUT2D eigenvalue weighted by Gasteiger charge is -2.15. The Kier molecular flexibility index (Phi) is 6.22. The third kappa shape index (κ3) is 6.35. The van der Waals surface area contributed by atoms with Crippen LogP contribution in [0, 0.1) is 5.82 Å². The minimum atomic E-state index is -4.30. The van der Waals surface area contributed by atoms with Crippen LogP contribution in [0.3, 0.4) is 0 Å². The molecule has 1 unspecified atom stereocenters. The molecule has 1 N–H and O–H groups in total. The summed E-state index contributed by atoms with van der Waals surface area (Å²) < 4.78 is 53.3. The minimum Gasteiger partial charge on any atom is -0.371 e. The highest BCUT2D eigenvalue weighted by Gasteiger charge is 2.27. The monoisotopic (exact) mass is 343 g/mol. The Balaban J connectivity index is 2.31. The maximum atomic E-state index is 13.0. The van der Waals surface area contributed by atoms with Crippen molar-refractivity contribution in [2.75, 3.05) is 19.8 Å². The molecule has 0 heterocycles. The Hall–Kier alpha value is -0.660. The van der Waals surface area contributed by atoms with Crippen LogP contribution in [0.15, 0.2) is 22.7 Å². The van der Waals surface area contributed by atoms with Crippen molar-refractivity contribution >= 4 is 15.9 Å². The molecule has 108 valence electrons. The maximum Gasteiger partial charge on any atom is 0.411 e. The number of ether oxygens (including phenoxy) is 1. The predicted molar refractivity (Wildman–Crippen MR) is 67.4 cm³/mol. The molecule has 0 aliphatic rings. The van der Waals surface area contributed by atoms with Gasteiger partial charge in [0.2, 0.25) is 0 Å². The molecule has 0 amide bonds. The van der Waals surface area contributed by atoms with Crippen LogP contribution < -0.4 is 5.32 Å². The number of halogens is 5. The third-order valence-electron chi connectivity index (χ3n) is 2.41. The minimum absolute atomic E-state index is 0.0355. The van der Waals surface area contributed by atoms with Gasteiger partial charge in [0.05, 0.1) is 11.1 Å². The molecule has 1 rings (SSSR count). The van der Waals surface area contributed by atoms with E-state index in [0.717, 1.165) is 5.56 Å². The van der Waals surface area contributed by atoms with Crippen LogP contribution in [0.4, 0.5) is 17.6 Å². The molecule has 0 saturated carbocycles. The third-order valence-corrected chi connectivity index (χ3v) is 3.01. The predicted octanol–water partition coefficient (Wildman–Crippen LogP) is 3.82. The highest BCUT2D eigenvalue weighted by molar-refractivity contribution is 9.10. The first-order valence-corrected chi connectivity index (χ1v) is 6.42. The summed E-state index contributed by atoms with van der Waals surface area (Å²) in [6.07, 6.45) is -4.30. The zero-order chi connectivity index (χ0) is 14.5. The van der Waals surface area contributed by atoms with Gasteiger partial charge in [-0.1, -0.05) is 6.07 Å². The van der Waals surface area contributed by atoms with Crippen LogP contribution in [-0.2, 0) is 4.74 Å². The van der Waals surface area contributed by atoms with E-state index in [1.165, 1.54) is 6.07 Å². The van der Waals surface area contributed by atoms with Crippen LogP contribution in [0.2, 0.25) is 0 Å². The van der Waals surface area contributed by atoms with Crippen molar-refractivity contribution in [3.8, 4) is 0 Å². The second-order valence-corrected chi connectivity index (χ2v) is 4.87. The SMILES string of the molecule is CC(NCCOCC(F)(F)F)c1ccc(F)c(Br)c1. The average molecular weight is 344 g/mol. The Morgan fingerprint density at radius 3 is 2.63 bits per heavy atom. The first kappa shape index (κ1) is 16.4. The van der Waals surface area contributed by atoms with E-state index in [4.69, 9.17) is 0 Å². The highest BCUT2D eigenvalue weighted by Crippen LogP contribution is 2.21. The summed E-state index contributed by atoms with van der Waals surface area (Å²) in [7, 11) is 0. The highest BCUT2D eigenvalue weighted by atomic mass is 79.9. The Bertz CT molecular complexity index is 411. The lowest BCUT2D eigenvalue weighted by molar-refractivity contribution is -0.173. The Morgan fingerprint density at radius 1 is 1.37 bits per heavy atom. The zero-order valence-corrected chi connectivity index (χ0v) is 11.8. The largest absolute Gasteiger partial charge is 0.411 e. The lowest BCUT2D eigenvalue weighted by Crippen LogP contribution is -2.26. The van der Waals surface area contributed by atoms with Crippen molar-refractivity contribution in [3.63, 3.8) is 0 Å². The first-order chi connectivity index (χ1) is 8.79. The van der Waals surface area contributed by atoms with Crippen LogP contribution in [0.25, 0.3) is 0 Å². The first-order valence-electron chi connectivity index (χ1n) is 5.62. The molecule has 1 atom stereocenters. The van der Waals surface area contributed by atoms with Crippen LogP contribution >= 0.6 is 15.9 Å². The topological polar surface area (TPSA) is 21.3 Å². The molecule has 2 nitrogen and oxygen atoms in total. The molecule has 7 heteroatoms. The molecule has 1 aromatic carbocycles. The molecule has 0 aliphatic heterocycles. The molecular weight excluding hydrogens is 330 g/mol. The molecule has 0 aromatic heterocycles. The number of rotatable bonds is 6. The molecule has 0 radical (unpaired) electrons. The molecule has 1 aromatic rings. The second kappa shape index (κ2) is 7.21. The maximum absolute atomic E-state index is 13.0. The smallest absolute Gasteiger partial charge is 0.371 e. The van der Waals surface area contributed by atoms with Gasteiger partial charge in [-0.3, -0.25) is 0 Å². The molecule has 19 heavy (non-hydrogen) atoms. The van der Waals surface area contributed by atoms with Crippen molar-refractivity contribution in [2.24, 2.45) is 0 Å². The molecule has 0 spiro atoms. The number of hydrogen-bond donors (Lipinski definition) is 1. The molecule has 0 saturated heterocycles. The summed E-state index contributed by atoms with van der Waals surface area (Å²) in [6.45, 7) is 0.840. The van der Waals surface area contributed by atoms with Crippen LogP contribution in [-0.4, -0.2) is 25.9 Å². The van der Waals surface area contributed by atoms with Crippen molar-refractivity contribution in [1.82, 2.24) is 5.32 Å². The average Bonchev–Trinajstić information content (AvgIpc) is 2.30. The van der Waals surface area contributed by atoms with Crippen molar-refractivity contribution < 1.29 is 22.3 Å². The summed E-state index contributed by atoms with van der Waals surface area (Å²) in [4.78, 5) is 0. The van der Waals surface area contributed by atoms with Crippen LogP contribution in [0.5, 0.6) is 0 Å². The van der Waals surface area contributed by atoms with Crippen molar-refractivity contribution in [2.45, 2.75) is 19.1 Å². The van der Waals surface area contributed by atoms with Gasteiger partial charge >= 0.3 is 6.18 Å². The summed E-state index contributed by atoms with van der Waals surface area (Å²) in [5.74, 6) is -0.357. The number of nitrogens with one attached hydrogen (secondary N) is 1. The van der Waals surface area contributed by atoms with E-state index in [0.29, 0.717) is 4.47 Å². The second-order valence-electron chi connectivity index (χ2n) is 4.02. The van der Waals surface area contributed by atoms with E-state index in [9.17, 15) is 17.6 Å². The lowest BCUT2D eigenvalue weighted by atomic mass is 10.1. The van der Waals surface area contributed by atoms with Gasteiger partial charge < -0.3 is 10.1 Å². The number of alkyl halides is 3. The van der Waals surface area contributed by atoms with E-state index in [1.807, 2.05) is 6.92 Å². The van der Waals surface area contributed by atoms with Gasteiger partial charge in [-0.15, -0.1) is 0 Å². The van der Waals surface area contributed by atoms with Gasteiger partial charge in [0.1, 0.15) is 12.4 Å². The molecule has 0 aliphatic carbocycles. The van der Waals surface area contributed by atoms with Crippen molar-refractivity contribution in [1.29, 1.82) is 0 Å². The van der Waals surface area contributed by atoms with E-state index < -0.39 is 12.8 Å². The molecule has 0 fully saturated rings. The van der Waals surface area contributed by atoms with Gasteiger partial charge in [0, 0.05) is 12.6 Å². The van der Waals surface area contributed by atoms with E-state index in [-0.39, 0.29) is 25.0 Å². The van der Waals surface area contributed by atoms with Gasteiger partial charge in [-0.2, -0.15) is 13.2 Å². The number of benzene rings is 1. The summed E-state index contributed by atoms with van der Waals surface area (Å²) in [6, 6.07) is 4.47. The Morgan fingerprint density at radius 2 is 2.05 bits per heavy atom. The fraction of sp³-hybridized carbons (Fsp3) is 0.500. The van der Waals surface area contributed by atoms with Gasteiger partial charge in [-0.25, -0.2) is 4.39 Å². The van der Waals surface area contributed by atoms with E-state index >= 15 is 0 Å². The van der Waals surface area contributed by atoms with Crippen LogP contribution in [0.1, 0.15) is 18.5 Å². The fourth-order valence-corrected chi connectivity index (χ4v) is 1.83. The van der Waals surface area contributed by atoms with Gasteiger partial charge in [0.15, 0.2) is 0 Å². The Labute approximate surface area is 117 Å². The molecule has 0 bridgehead atoms. The standard InChI is InChI=1S/C12H14BrF4NO/c1-8(9-2-3-11(14)10(13)6-9)18-4-5-19-7-12(15,16)17/h2-3,6,8,18H,4-5,7H2,1H3. The number of hydrogen-bond acceptors (Lipinski definition) is 2. The normalized spacial score (nSPS) is 13.6. The van der Waals surface area contributed by atoms with Gasteiger partial charge in [-0.05, 0) is 40.5 Å². The summed E-state index contributed by atoms with van der Waals surface area (Å²) >= 11 is 3.08. The molecular formula is C12H14BrF4NO. The van der Waals surface area contributed by atoms with Crippen molar-refractivity contribution in [3.05, 3.63) is 34.1 Å². The zero-order valence-electron chi connectivity index (χ0n) is 10.2. The van der Waals surface area contributed by atoms with E-state index in [2.05, 4.69) is 26.0 Å². The quantitative estimate of drug-likeness (QED) is 0.626. The van der Waals surface area contributed by atoms with E-state index in [1.54, 1.807) is 12.1 Å². The summed E-state index contributed by atoms with van der Waals surface area (Å²) in [5.41, 5.74) is 0.837. The fourth-order valence-electron chi connectivity index (χ4n) is 1.44. The summed E-state index contributed by atoms with van der Waals surface area (Å²) in [5, 5.41) is 3.00.